The van der Waals surface area contributed by atoms with Gasteiger partial charge in [0.05, 0.1) is 11.1 Å². The Balaban J connectivity index is 0.00000225. The monoisotopic (exact) mass is 356 g/mol. The van der Waals surface area contributed by atoms with Crippen molar-refractivity contribution in [1.82, 2.24) is 0 Å². The summed E-state index contributed by atoms with van der Waals surface area (Å²) in [7, 11) is 0. The molecule has 0 heterocycles. The number of carbonyl (C=O) groups is 2. The first-order valence-electron chi connectivity index (χ1n) is 9.24. The Morgan fingerprint density at radius 3 is 1.32 bits per heavy atom. The van der Waals surface area contributed by atoms with Crippen LogP contribution in [0.3, 0.4) is 0 Å². The molecule has 0 spiro atoms. The molecule has 0 N–H and O–H groups in total. The Kier molecular flexibility index (Phi) is 8.23. The minimum Gasteiger partial charge on any atom is -1.00 e. The van der Waals surface area contributed by atoms with Gasteiger partial charge in [0.1, 0.15) is 12.2 Å². The van der Waals surface area contributed by atoms with E-state index in [1.165, 1.54) is 12.8 Å². The zero-order chi connectivity index (χ0) is 16.8. The van der Waals surface area contributed by atoms with Crippen LogP contribution in [0, 0.1) is 0 Å². The Bertz CT molecular complexity index is 517. The van der Waals surface area contributed by atoms with Crippen LogP contribution in [-0.2, 0) is 9.47 Å². The summed E-state index contributed by atoms with van der Waals surface area (Å²) in [5.41, 5.74) is 0.990. The van der Waals surface area contributed by atoms with Gasteiger partial charge in [0.2, 0.25) is 0 Å². The average molecular weight is 357 g/mol. The first kappa shape index (κ1) is 20.2. The second kappa shape index (κ2) is 10.2. The quantitative estimate of drug-likeness (QED) is 0.588. The molecule has 0 saturated heterocycles. The Labute approximate surface area is 168 Å². The summed E-state index contributed by atoms with van der Waals surface area (Å²) in [6, 6.07) is 6.62. The van der Waals surface area contributed by atoms with Crippen molar-refractivity contribution in [2.24, 2.45) is 0 Å². The van der Waals surface area contributed by atoms with Crippen molar-refractivity contribution in [3.05, 3.63) is 35.4 Å². The molecule has 2 saturated carbocycles. The predicted molar refractivity (Wildman–Crippen MR) is 99.0 cm³/mol. The van der Waals surface area contributed by atoms with Crippen molar-refractivity contribution in [3.8, 4) is 0 Å². The van der Waals surface area contributed by atoms with Crippen molar-refractivity contribution >= 4 is 35.0 Å². The minimum atomic E-state index is -0.297. The zero-order valence-corrected chi connectivity index (χ0v) is 16.3. The normalized spacial score (nSPS) is 18.9. The maximum absolute atomic E-state index is 12.2. The molecule has 0 radical (unpaired) electrons. The molecule has 25 heavy (non-hydrogen) atoms. The number of carbonyl (C=O) groups excluding carboxylic acids is 2. The summed E-state index contributed by atoms with van der Waals surface area (Å²) in [4.78, 5) is 24.3. The van der Waals surface area contributed by atoms with E-state index in [4.69, 9.17) is 9.47 Å². The molecule has 0 aromatic heterocycles. The van der Waals surface area contributed by atoms with Gasteiger partial charge in [0.15, 0.2) is 0 Å². The van der Waals surface area contributed by atoms with Gasteiger partial charge >= 0.3 is 35.0 Å². The molecule has 2 aliphatic rings. The van der Waals surface area contributed by atoms with Crippen LogP contribution in [0.15, 0.2) is 24.3 Å². The summed E-state index contributed by atoms with van der Waals surface area (Å²) in [6.07, 6.45) is 10.9. The third-order valence-corrected chi connectivity index (χ3v) is 5.01. The van der Waals surface area contributed by atoms with E-state index >= 15 is 0 Å². The standard InChI is InChI=1S/C20H26O4.Mg.2H/c21-19(23-17-7-3-1-4-8-17)15-11-13-16(14-12-15)20(22)24-18-9-5-2-6-10-18;;;/h11-14,17-18H,1-10H2;;;/q;+2;2*-1. The summed E-state index contributed by atoms with van der Waals surface area (Å²) >= 11 is 0. The minimum absolute atomic E-state index is 0. The maximum atomic E-state index is 12.2. The van der Waals surface area contributed by atoms with Crippen LogP contribution in [0.4, 0.5) is 0 Å². The zero-order valence-electron chi connectivity index (χ0n) is 16.9. The Hall–Kier alpha value is -1.07. The fraction of sp³-hybridized carbons (Fsp3) is 0.600. The maximum Gasteiger partial charge on any atom is 2.00 e. The Morgan fingerprint density at radius 2 is 1.00 bits per heavy atom. The third kappa shape index (κ3) is 5.99. The molecular formula is C20H28MgO4. The molecule has 0 bridgehead atoms. The van der Waals surface area contributed by atoms with Crippen LogP contribution in [0.2, 0.25) is 0 Å². The number of benzene rings is 1. The van der Waals surface area contributed by atoms with Gasteiger partial charge in [-0.25, -0.2) is 9.59 Å². The van der Waals surface area contributed by atoms with E-state index in [0.29, 0.717) is 11.1 Å². The predicted octanol–water partition coefficient (Wildman–Crippen LogP) is 4.51. The van der Waals surface area contributed by atoms with Crippen molar-refractivity contribution in [2.45, 2.75) is 76.4 Å². The largest absolute Gasteiger partial charge is 2.00 e. The van der Waals surface area contributed by atoms with E-state index in [-0.39, 0.29) is 50.1 Å². The number of esters is 2. The van der Waals surface area contributed by atoms with E-state index in [9.17, 15) is 9.59 Å². The summed E-state index contributed by atoms with van der Waals surface area (Å²) < 4.78 is 11.1. The molecule has 0 atom stereocenters. The average Bonchev–Trinajstić information content (AvgIpc) is 2.63. The van der Waals surface area contributed by atoms with E-state index in [1.54, 1.807) is 24.3 Å². The molecule has 3 rings (SSSR count). The first-order valence-corrected chi connectivity index (χ1v) is 9.24. The molecule has 0 aliphatic heterocycles. The van der Waals surface area contributed by atoms with Crippen LogP contribution in [0.1, 0.15) is 87.8 Å². The van der Waals surface area contributed by atoms with Crippen LogP contribution in [-0.4, -0.2) is 47.2 Å². The van der Waals surface area contributed by atoms with Gasteiger partial charge in [-0.1, -0.05) is 12.8 Å². The van der Waals surface area contributed by atoms with Crippen LogP contribution >= 0.6 is 0 Å². The summed E-state index contributed by atoms with van der Waals surface area (Å²) in [6.45, 7) is 0. The molecule has 134 valence electrons. The summed E-state index contributed by atoms with van der Waals surface area (Å²) in [5.74, 6) is -0.594. The second-order valence-electron chi connectivity index (χ2n) is 6.91. The number of ether oxygens (including phenoxy) is 2. The van der Waals surface area contributed by atoms with Gasteiger partial charge in [-0.2, -0.15) is 0 Å². The molecular weight excluding hydrogens is 329 g/mol. The van der Waals surface area contributed by atoms with Gasteiger partial charge in [-0.15, -0.1) is 0 Å². The molecule has 2 fully saturated rings. The van der Waals surface area contributed by atoms with Gasteiger partial charge in [0.25, 0.3) is 0 Å². The first-order chi connectivity index (χ1) is 11.7. The topological polar surface area (TPSA) is 52.6 Å². The van der Waals surface area contributed by atoms with E-state index in [0.717, 1.165) is 51.4 Å². The number of rotatable bonds is 4. The van der Waals surface area contributed by atoms with Crippen LogP contribution in [0.25, 0.3) is 0 Å². The van der Waals surface area contributed by atoms with Gasteiger partial charge in [-0.3, -0.25) is 0 Å². The van der Waals surface area contributed by atoms with Crippen LogP contribution in [0.5, 0.6) is 0 Å². The molecule has 0 amide bonds. The van der Waals surface area contributed by atoms with Crippen molar-refractivity contribution in [1.29, 1.82) is 0 Å². The number of hydrogen-bond acceptors (Lipinski definition) is 4. The molecule has 0 unspecified atom stereocenters. The number of hydrogen-bond donors (Lipinski definition) is 0. The Morgan fingerprint density at radius 1 is 0.680 bits per heavy atom. The summed E-state index contributed by atoms with van der Waals surface area (Å²) in [5, 5.41) is 0. The fourth-order valence-corrected chi connectivity index (χ4v) is 3.55. The van der Waals surface area contributed by atoms with Gasteiger partial charge < -0.3 is 12.3 Å². The van der Waals surface area contributed by atoms with Gasteiger partial charge in [-0.05, 0) is 75.6 Å². The van der Waals surface area contributed by atoms with Gasteiger partial charge in [0, 0.05) is 0 Å². The van der Waals surface area contributed by atoms with Crippen molar-refractivity contribution in [3.63, 3.8) is 0 Å². The molecule has 1 aromatic carbocycles. The fourth-order valence-electron chi connectivity index (χ4n) is 3.55. The smallest absolute Gasteiger partial charge is 1.00 e. The van der Waals surface area contributed by atoms with E-state index < -0.39 is 0 Å². The molecule has 1 aromatic rings. The molecule has 2 aliphatic carbocycles. The van der Waals surface area contributed by atoms with E-state index in [2.05, 4.69) is 0 Å². The van der Waals surface area contributed by atoms with E-state index in [1.807, 2.05) is 0 Å². The van der Waals surface area contributed by atoms with Crippen molar-refractivity contribution in [2.75, 3.05) is 0 Å². The SMILES string of the molecule is O=C(OC1CCCCC1)c1ccc(C(=O)OC2CCCCC2)cc1.[H-].[H-].[Mg+2]. The third-order valence-electron chi connectivity index (χ3n) is 5.01. The molecule has 5 heteroatoms. The second-order valence-corrected chi connectivity index (χ2v) is 6.91. The molecule has 4 nitrogen and oxygen atoms in total. The van der Waals surface area contributed by atoms with Crippen LogP contribution < -0.4 is 0 Å². The van der Waals surface area contributed by atoms with Crippen molar-refractivity contribution < 1.29 is 21.9 Å².